The molecule has 154 valence electrons. The maximum Gasteiger partial charge on any atom is 0.257 e. The lowest BCUT2D eigenvalue weighted by atomic mass is 10.2. The fourth-order valence-electron chi connectivity index (χ4n) is 3.96. The molecule has 1 fully saturated rings. The second kappa shape index (κ2) is 6.04. The Bertz CT molecular complexity index is 1190. The number of pyridine rings is 1. The van der Waals surface area contributed by atoms with Crippen LogP contribution in [0.5, 0.6) is 11.6 Å². The van der Waals surface area contributed by atoms with E-state index in [1.54, 1.807) is 10.7 Å². The van der Waals surface area contributed by atoms with Gasteiger partial charge in [0.05, 0.1) is 36.7 Å². The molecule has 3 aromatic rings. The smallest absolute Gasteiger partial charge is 0.257 e. The first-order valence-electron chi connectivity index (χ1n) is 9.89. The summed E-state index contributed by atoms with van der Waals surface area (Å²) in [4.78, 5) is 23.9. The average molecular weight is 410 g/mol. The third kappa shape index (κ3) is 2.66. The van der Waals surface area contributed by atoms with Crippen LogP contribution in [0.15, 0.2) is 24.7 Å². The summed E-state index contributed by atoms with van der Waals surface area (Å²) in [6.07, 6.45) is 5.98. The van der Waals surface area contributed by atoms with Crippen molar-refractivity contribution >= 4 is 17.4 Å². The van der Waals surface area contributed by atoms with Crippen LogP contribution in [0.3, 0.4) is 0 Å². The van der Waals surface area contributed by atoms with Crippen molar-refractivity contribution in [3.05, 3.63) is 41.6 Å². The second-order valence-electron chi connectivity index (χ2n) is 8.18. The molecule has 3 aromatic heterocycles. The Hall–Kier alpha value is -3.43. The monoisotopic (exact) mass is 410 g/mol. The number of nitrogens with zero attached hydrogens (tertiary/aromatic N) is 5. The highest BCUT2D eigenvalue weighted by Crippen LogP contribution is 2.38. The highest BCUT2D eigenvalue weighted by Gasteiger charge is 2.46. The standard InChI is InChI=1S/C20H19FN6O3/c1-11-9-29-15-8-27-16-14(6-23-27)18(28)25-20(2-3-20)10-30-19-12(4-13(21)5-22-19)7-26(11)17(15)24-16/h4-6,8,11H,2-3,7,9-10H2,1H3,(H,25,28)/t11-/m1/s1. The van der Waals surface area contributed by atoms with E-state index in [2.05, 4.69) is 15.4 Å². The molecule has 1 saturated carbocycles. The number of nitrogens with one attached hydrogen (secondary N) is 1. The van der Waals surface area contributed by atoms with Crippen molar-refractivity contribution in [3.63, 3.8) is 0 Å². The van der Waals surface area contributed by atoms with Crippen molar-refractivity contribution in [3.8, 4) is 11.6 Å². The first-order chi connectivity index (χ1) is 14.5. The van der Waals surface area contributed by atoms with Gasteiger partial charge in [0.1, 0.15) is 24.6 Å². The minimum atomic E-state index is -0.459. The van der Waals surface area contributed by atoms with Gasteiger partial charge in [-0.15, -0.1) is 0 Å². The van der Waals surface area contributed by atoms with Crippen LogP contribution in [0.4, 0.5) is 10.2 Å². The van der Waals surface area contributed by atoms with E-state index in [1.165, 1.54) is 12.3 Å². The quantitative estimate of drug-likeness (QED) is 0.603. The van der Waals surface area contributed by atoms with Crippen LogP contribution < -0.4 is 19.7 Å². The van der Waals surface area contributed by atoms with Crippen LogP contribution in [-0.2, 0) is 6.54 Å². The van der Waals surface area contributed by atoms with Gasteiger partial charge in [0.15, 0.2) is 17.2 Å². The lowest BCUT2D eigenvalue weighted by molar-refractivity contribution is 0.0913. The van der Waals surface area contributed by atoms with Crippen LogP contribution in [0, 0.1) is 5.82 Å². The fourth-order valence-corrected chi connectivity index (χ4v) is 3.96. The molecule has 6 rings (SSSR count). The van der Waals surface area contributed by atoms with Gasteiger partial charge in [-0.3, -0.25) is 4.79 Å². The number of halogens is 1. The Morgan fingerprint density at radius 1 is 1.30 bits per heavy atom. The molecule has 1 amide bonds. The van der Waals surface area contributed by atoms with Crippen LogP contribution in [0.25, 0.3) is 5.65 Å². The van der Waals surface area contributed by atoms with E-state index >= 15 is 0 Å². The van der Waals surface area contributed by atoms with Crippen LogP contribution >= 0.6 is 0 Å². The molecule has 0 radical (unpaired) electrons. The predicted octanol–water partition coefficient (Wildman–Crippen LogP) is 1.71. The molecular weight excluding hydrogens is 391 g/mol. The molecule has 0 unspecified atom stereocenters. The van der Waals surface area contributed by atoms with Gasteiger partial charge < -0.3 is 19.7 Å². The number of rotatable bonds is 0. The summed E-state index contributed by atoms with van der Waals surface area (Å²) in [7, 11) is 0. The van der Waals surface area contributed by atoms with Gasteiger partial charge in [0, 0.05) is 5.56 Å². The third-order valence-electron chi connectivity index (χ3n) is 5.92. The number of ether oxygens (including phenoxy) is 2. The maximum atomic E-state index is 14.0. The highest BCUT2D eigenvalue weighted by molar-refractivity contribution is 6.00. The van der Waals surface area contributed by atoms with Gasteiger partial charge >= 0.3 is 0 Å². The van der Waals surface area contributed by atoms with Gasteiger partial charge in [-0.05, 0) is 25.8 Å². The number of hydrogen-bond donors (Lipinski definition) is 1. The van der Waals surface area contributed by atoms with Crippen molar-refractivity contribution < 1.29 is 18.7 Å². The molecule has 30 heavy (non-hydrogen) atoms. The van der Waals surface area contributed by atoms with E-state index in [0.29, 0.717) is 47.4 Å². The third-order valence-corrected chi connectivity index (χ3v) is 5.92. The average Bonchev–Trinajstić information content (AvgIpc) is 3.35. The van der Waals surface area contributed by atoms with Crippen LogP contribution in [0.1, 0.15) is 35.7 Å². The summed E-state index contributed by atoms with van der Waals surface area (Å²) in [6, 6.07) is 1.41. The van der Waals surface area contributed by atoms with Crippen LogP contribution in [0.2, 0.25) is 0 Å². The van der Waals surface area contributed by atoms with Crippen LogP contribution in [-0.4, -0.2) is 50.3 Å². The van der Waals surface area contributed by atoms with E-state index in [-0.39, 0.29) is 18.6 Å². The number of hydrogen-bond acceptors (Lipinski definition) is 7. The number of anilines is 1. The summed E-state index contributed by atoms with van der Waals surface area (Å²) in [5.74, 6) is 0.808. The Morgan fingerprint density at radius 3 is 3.00 bits per heavy atom. The molecule has 1 spiro atoms. The van der Waals surface area contributed by atoms with E-state index in [4.69, 9.17) is 14.5 Å². The zero-order valence-electron chi connectivity index (χ0n) is 16.3. The Balaban J connectivity index is 1.55. The predicted molar refractivity (Wildman–Crippen MR) is 103 cm³/mol. The van der Waals surface area contributed by atoms with Crippen molar-refractivity contribution in [1.82, 2.24) is 24.9 Å². The summed E-state index contributed by atoms with van der Waals surface area (Å²) in [5.41, 5.74) is 0.997. The summed E-state index contributed by atoms with van der Waals surface area (Å²) in [5, 5.41) is 7.34. The molecule has 3 aliphatic rings. The molecular formula is C20H19FN6O3. The first kappa shape index (κ1) is 17.4. The normalized spacial score (nSPS) is 21.7. The zero-order valence-corrected chi connectivity index (χ0v) is 16.3. The number of carbonyl (C=O) groups is 1. The molecule has 0 saturated heterocycles. The van der Waals surface area contributed by atoms with E-state index in [9.17, 15) is 9.18 Å². The number of amides is 1. The Morgan fingerprint density at radius 2 is 2.17 bits per heavy atom. The minimum Gasteiger partial charge on any atom is -0.486 e. The number of carbonyl (C=O) groups excluding carboxylic acids is 1. The summed E-state index contributed by atoms with van der Waals surface area (Å²) in [6.45, 7) is 3.06. The molecule has 2 aliphatic heterocycles. The maximum absolute atomic E-state index is 14.0. The van der Waals surface area contributed by atoms with Gasteiger partial charge in [0.25, 0.3) is 5.91 Å². The molecule has 10 heteroatoms. The topological polar surface area (TPSA) is 93.9 Å². The van der Waals surface area contributed by atoms with Gasteiger partial charge in [-0.25, -0.2) is 18.9 Å². The largest absolute Gasteiger partial charge is 0.486 e. The lowest BCUT2D eigenvalue weighted by Gasteiger charge is -2.35. The van der Waals surface area contributed by atoms with Crippen molar-refractivity contribution in [2.24, 2.45) is 0 Å². The number of aromatic nitrogens is 4. The molecule has 9 nitrogen and oxygen atoms in total. The zero-order chi connectivity index (χ0) is 20.5. The molecule has 1 atom stereocenters. The van der Waals surface area contributed by atoms with Crippen molar-refractivity contribution in [1.29, 1.82) is 0 Å². The second-order valence-corrected chi connectivity index (χ2v) is 8.18. The Kier molecular flexibility index (Phi) is 3.51. The molecule has 2 bridgehead atoms. The number of fused-ring (bicyclic) bond motifs is 1. The van der Waals surface area contributed by atoms with Gasteiger partial charge in [-0.1, -0.05) is 0 Å². The Labute approximate surface area is 170 Å². The minimum absolute atomic E-state index is 0.0244. The molecule has 1 aliphatic carbocycles. The van der Waals surface area contributed by atoms with E-state index < -0.39 is 11.4 Å². The molecule has 0 aromatic carbocycles. The van der Waals surface area contributed by atoms with Crippen molar-refractivity contribution in [2.45, 2.75) is 37.9 Å². The van der Waals surface area contributed by atoms with Crippen molar-refractivity contribution in [2.75, 3.05) is 18.1 Å². The SMILES string of the molecule is C[C@@H]1COc2cn3ncc4c3nc2N1Cc1cc(F)cnc1OCC1(CC1)NC4=O. The van der Waals surface area contributed by atoms with Gasteiger partial charge in [0.2, 0.25) is 5.88 Å². The molecule has 1 N–H and O–H groups in total. The molecule has 5 heterocycles. The first-order valence-corrected chi connectivity index (χ1v) is 9.89. The fraction of sp³-hybridized carbons (Fsp3) is 0.400. The highest BCUT2D eigenvalue weighted by atomic mass is 19.1. The lowest BCUT2D eigenvalue weighted by Crippen LogP contribution is -2.41. The van der Waals surface area contributed by atoms with E-state index in [1.807, 2.05) is 11.8 Å². The van der Waals surface area contributed by atoms with E-state index in [0.717, 1.165) is 19.0 Å². The summed E-state index contributed by atoms with van der Waals surface area (Å²) >= 11 is 0. The van der Waals surface area contributed by atoms with Gasteiger partial charge in [-0.2, -0.15) is 5.10 Å². The summed E-state index contributed by atoms with van der Waals surface area (Å²) < 4.78 is 27.4.